The fourth-order valence-corrected chi connectivity index (χ4v) is 4.83. The maximum absolute atomic E-state index is 13.1. The number of nitrogens with two attached hydrogens (primary N) is 1. The van der Waals surface area contributed by atoms with Gasteiger partial charge in [-0.1, -0.05) is 32.0 Å². The highest BCUT2D eigenvalue weighted by atomic mass is 16.2. The standard InChI is InChI=1S/C21H28N4O3/c1-21(2)14(9-22)8-16(21)23-10-12-4-3-5-13-11-25(20(28)18(12)13)15-6-7-17(26)24-19(15)27/h3-5,14-16,23H,6-11,22H2,1-2H3,(H,24,26,27). The zero-order valence-corrected chi connectivity index (χ0v) is 16.5. The van der Waals surface area contributed by atoms with E-state index in [1.165, 1.54) is 0 Å². The predicted octanol–water partition coefficient (Wildman–Crippen LogP) is 0.911. The third kappa shape index (κ3) is 3.02. The number of nitrogens with zero attached hydrogens (tertiary/aromatic N) is 1. The number of carbonyl (C=O) groups is 3. The molecule has 2 heterocycles. The van der Waals surface area contributed by atoms with E-state index in [1.807, 2.05) is 18.2 Å². The van der Waals surface area contributed by atoms with Gasteiger partial charge in [-0.15, -0.1) is 0 Å². The van der Waals surface area contributed by atoms with Gasteiger partial charge >= 0.3 is 0 Å². The Balaban J connectivity index is 1.48. The maximum Gasteiger partial charge on any atom is 0.255 e. The molecule has 0 aromatic heterocycles. The SMILES string of the molecule is CC1(C)C(CN)CC1NCc1cccc2c1C(=O)N(C1CCC(=O)NC1=O)C2. The topological polar surface area (TPSA) is 105 Å². The molecule has 3 aliphatic rings. The summed E-state index contributed by atoms with van der Waals surface area (Å²) in [6.07, 6.45) is 1.70. The minimum Gasteiger partial charge on any atom is -0.330 e. The summed E-state index contributed by atoms with van der Waals surface area (Å²) < 4.78 is 0. The molecule has 0 radical (unpaired) electrons. The molecule has 2 fully saturated rings. The number of hydrogen-bond acceptors (Lipinski definition) is 5. The number of carbonyl (C=O) groups excluding carboxylic acids is 3. The molecule has 4 rings (SSSR count). The lowest BCUT2D eigenvalue weighted by molar-refractivity contribution is -0.136. The highest BCUT2D eigenvalue weighted by Gasteiger charge is 2.47. The van der Waals surface area contributed by atoms with Crippen LogP contribution in [0.25, 0.3) is 0 Å². The highest BCUT2D eigenvalue weighted by molar-refractivity contribution is 6.05. The van der Waals surface area contributed by atoms with Gasteiger partial charge in [-0.25, -0.2) is 0 Å². The van der Waals surface area contributed by atoms with Gasteiger partial charge in [0.2, 0.25) is 11.8 Å². The van der Waals surface area contributed by atoms with E-state index < -0.39 is 6.04 Å². The second kappa shape index (κ2) is 6.97. The van der Waals surface area contributed by atoms with Crippen LogP contribution in [0.3, 0.4) is 0 Å². The minimum atomic E-state index is -0.575. The molecule has 2 aliphatic heterocycles. The van der Waals surface area contributed by atoms with Crippen LogP contribution in [0.15, 0.2) is 18.2 Å². The van der Waals surface area contributed by atoms with E-state index in [0.717, 1.165) is 17.5 Å². The van der Waals surface area contributed by atoms with Crippen molar-refractivity contribution >= 4 is 17.7 Å². The minimum absolute atomic E-state index is 0.116. The summed E-state index contributed by atoms with van der Waals surface area (Å²) >= 11 is 0. The fourth-order valence-electron chi connectivity index (χ4n) is 4.83. The molecule has 150 valence electrons. The second-order valence-electron chi connectivity index (χ2n) is 8.77. The number of fused-ring (bicyclic) bond motifs is 1. The van der Waals surface area contributed by atoms with Crippen molar-refractivity contribution in [2.45, 2.75) is 58.3 Å². The number of amides is 3. The molecule has 1 aromatic rings. The zero-order chi connectivity index (χ0) is 20.1. The van der Waals surface area contributed by atoms with Crippen molar-refractivity contribution in [3.63, 3.8) is 0 Å². The van der Waals surface area contributed by atoms with Gasteiger partial charge in [-0.05, 0) is 41.8 Å². The Bertz CT molecular complexity index is 835. The third-order valence-corrected chi connectivity index (χ3v) is 6.93. The van der Waals surface area contributed by atoms with Crippen molar-refractivity contribution < 1.29 is 14.4 Å². The van der Waals surface area contributed by atoms with Gasteiger partial charge in [0.05, 0.1) is 0 Å². The molecule has 3 amide bonds. The van der Waals surface area contributed by atoms with Crippen molar-refractivity contribution in [1.29, 1.82) is 0 Å². The van der Waals surface area contributed by atoms with Crippen LogP contribution in [0.5, 0.6) is 0 Å². The summed E-state index contributed by atoms with van der Waals surface area (Å²) in [5.74, 6) is -0.235. The summed E-state index contributed by atoms with van der Waals surface area (Å²) in [7, 11) is 0. The summed E-state index contributed by atoms with van der Waals surface area (Å²) in [5.41, 5.74) is 8.60. The van der Waals surface area contributed by atoms with Gasteiger partial charge in [0.1, 0.15) is 6.04 Å². The first-order valence-electron chi connectivity index (χ1n) is 10.0. The third-order valence-electron chi connectivity index (χ3n) is 6.93. The molecule has 1 aromatic carbocycles. The van der Waals surface area contributed by atoms with E-state index in [2.05, 4.69) is 24.5 Å². The number of hydrogen-bond donors (Lipinski definition) is 3. The summed E-state index contributed by atoms with van der Waals surface area (Å²) in [4.78, 5) is 38.4. The molecule has 1 saturated carbocycles. The Morgan fingerprint density at radius 2 is 2.07 bits per heavy atom. The molecule has 1 aliphatic carbocycles. The number of piperidine rings is 1. The van der Waals surface area contributed by atoms with Crippen LogP contribution < -0.4 is 16.4 Å². The molecular weight excluding hydrogens is 356 g/mol. The van der Waals surface area contributed by atoms with Crippen LogP contribution in [0.4, 0.5) is 0 Å². The van der Waals surface area contributed by atoms with E-state index >= 15 is 0 Å². The van der Waals surface area contributed by atoms with Crippen LogP contribution in [0.2, 0.25) is 0 Å². The Kier molecular flexibility index (Phi) is 4.75. The summed E-state index contributed by atoms with van der Waals surface area (Å²) in [6, 6.07) is 5.68. The first-order chi connectivity index (χ1) is 13.3. The normalized spacial score (nSPS) is 28.8. The van der Waals surface area contributed by atoms with Crippen molar-refractivity contribution in [3.05, 3.63) is 34.9 Å². The largest absolute Gasteiger partial charge is 0.330 e. The fraction of sp³-hybridized carbons (Fsp3) is 0.571. The van der Waals surface area contributed by atoms with E-state index in [9.17, 15) is 14.4 Å². The zero-order valence-electron chi connectivity index (χ0n) is 16.5. The lowest BCUT2D eigenvalue weighted by Crippen LogP contribution is -2.58. The van der Waals surface area contributed by atoms with E-state index in [-0.39, 0.29) is 29.6 Å². The quantitative estimate of drug-likeness (QED) is 0.655. The van der Waals surface area contributed by atoms with E-state index in [4.69, 9.17) is 5.73 Å². The Labute approximate surface area is 165 Å². The molecule has 3 unspecified atom stereocenters. The molecule has 1 saturated heterocycles. The maximum atomic E-state index is 13.1. The summed E-state index contributed by atoms with van der Waals surface area (Å²) in [5, 5.41) is 5.95. The number of rotatable bonds is 5. The van der Waals surface area contributed by atoms with Crippen molar-refractivity contribution in [2.24, 2.45) is 17.1 Å². The average Bonchev–Trinajstić information content (AvgIpc) is 2.98. The molecule has 7 nitrogen and oxygen atoms in total. The Morgan fingerprint density at radius 3 is 2.75 bits per heavy atom. The number of benzene rings is 1. The highest BCUT2D eigenvalue weighted by Crippen LogP contribution is 2.45. The van der Waals surface area contributed by atoms with Crippen molar-refractivity contribution in [3.8, 4) is 0 Å². The van der Waals surface area contributed by atoms with E-state index in [0.29, 0.717) is 43.6 Å². The lowest BCUT2D eigenvalue weighted by Gasteiger charge is -2.52. The van der Waals surface area contributed by atoms with Crippen molar-refractivity contribution in [1.82, 2.24) is 15.5 Å². The van der Waals surface area contributed by atoms with Crippen LogP contribution in [0, 0.1) is 11.3 Å². The van der Waals surface area contributed by atoms with Crippen LogP contribution in [-0.4, -0.2) is 41.2 Å². The molecule has 4 N–H and O–H groups in total. The van der Waals surface area contributed by atoms with Gasteiger partial charge in [-0.2, -0.15) is 0 Å². The molecule has 0 spiro atoms. The van der Waals surface area contributed by atoms with Gasteiger partial charge in [0, 0.05) is 31.1 Å². The van der Waals surface area contributed by atoms with Gasteiger partial charge in [0.25, 0.3) is 5.91 Å². The second-order valence-corrected chi connectivity index (χ2v) is 8.77. The Morgan fingerprint density at radius 1 is 1.29 bits per heavy atom. The predicted molar refractivity (Wildman–Crippen MR) is 104 cm³/mol. The lowest BCUT2D eigenvalue weighted by atomic mass is 9.58. The summed E-state index contributed by atoms with van der Waals surface area (Å²) in [6.45, 7) is 6.20. The molecular formula is C21H28N4O3. The van der Waals surface area contributed by atoms with Gasteiger partial charge in [-0.3, -0.25) is 19.7 Å². The van der Waals surface area contributed by atoms with Crippen LogP contribution in [0.1, 0.15) is 54.6 Å². The van der Waals surface area contributed by atoms with Gasteiger partial charge < -0.3 is 16.0 Å². The van der Waals surface area contributed by atoms with Gasteiger partial charge in [0.15, 0.2) is 0 Å². The number of nitrogens with one attached hydrogen (secondary N) is 2. The van der Waals surface area contributed by atoms with Crippen LogP contribution in [-0.2, 0) is 22.7 Å². The molecule has 0 bridgehead atoms. The average molecular weight is 384 g/mol. The number of imide groups is 1. The first-order valence-corrected chi connectivity index (χ1v) is 10.0. The molecule has 3 atom stereocenters. The monoisotopic (exact) mass is 384 g/mol. The molecule has 28 heavy (non-hydrogen) atoms. The Hall–Kier alpha value is -2.25. The van der Waals surface area contributed by atoms with Crippen molar-refractivity contribution in [2.75, 3.05) is 6.54 Å². The molecule has 7 heteroatoms. The smallest absolute Gasteiger partial charge is 0.255 e. The van der Waals surface area contributed by atoms with Crippen LogP contribution >= 0.6 is 0 Å². The van der Waals surface area contributed by atoms with E-state index in [1.54, 1.807) is 4.90 Å². The first kappa shape index (κ1) is 19.1.